The second-order valence-corrected chi connectivity index (χ2v) is 4.64. The SMILES string of the molecule is CS(=O)(=O)c1nc(Cl)n[c]c1Cl. The maximum atomic E-state index is 11.0. The molecule has 0 atom stereocenters. The zero-order valence-electron chi connectivity index (χ0n) is 5.88. The molecule has 0 saturated carbocycles. The van der Waals surface area contributed by atoms with E-state index in [1.165, 1.54) is 0 Å². The zero-order valence-corrected chi connectivity index (χ0v) is 8.20. The third-order valence-electron chi connectivity index (χ3n) is 0.979. The van der Waals surface area contributed by atoms with Crippen LogP contribution in [0.25, 0.3) is 0 Å². The Bertz CT molecular complexity index is 404. The van der Waals surface area contributed by atoms with Crippen molar-refractivity contribution < 1.29 is 8.42 Å². The summed E-state index contributed by atoms with van der Waals surface area (Å²) in [5, 5.41) is -0.647. The van der Waals surface area contributed by atoms with E-state index in [1.54, 1.807) is 0 Å². The quantitative estimate of drug-likeness (QED) is 0.529. The average Bonchev–Trinajstić information content (AvgIpc) is 1.92. The van der Waals surface area contributed by atoms with Gasteiger partial charge >= 0.3 is 0 Å². The second-order valence-electron chi connectivity index (χ2n) is 2.00. The average molecular weight is 226 g/mol. The minimum atomic E-state index is -3.45. The molecule has 0 saturated heterocycles. The predicted octanol–water partition coefficient (Wildman–Crippen LogP) is 0.987. The Hall–Kier alpha value is -0.390. The van der Waals surface area contributed by atoms with Crippen molar-refractivity contribution in [2.75, 3.05) is 6.26 Å². The van der Waals surface area contributed by atoms with Gasteiger partial charge in [0, 0.05) is 6.26 Å². The molecule has 0 amide bonds. The molecule has 0 aliphatic rings. The van der Waals surface area contributed by atoms with E-state index in [0.29, 0.717) is 0 Å². The standard InChI is InChI=1S/C5H3Cl2N2O2S/c1-12(10,11)4-3(6)2-8-5(7)9-4/h1H3. The number of halogens is 2. The lowest BCUT2D eigenvalue weighted by Gasteiger charge is -1.98. The molecule has 1 aromatic heterocycles. The Morgan fingerprint density at radius 3 is 2.42 bits per heavy atom. The molecule has 12 heavy (non-hydrogen) atoms. The molecule has 1 heterocycles. The highest BCUT2D eigenvalue weighted by atomic mass is 35.5. The van der Waals surface area contributed by atoms with Crippen molar-refractivity contribution in [1.82, 2.24) is 9.97 Å². The summed E-state index contributed by atoms with van der Waals surface area (Å²) in [6, 6.07) is 0. The topological polar surface area (TPSA) is 59.9 Å². The molecular formula is C5H3Cl2N2O2S. The molecule has 0 fully saturated rings. The van der Waals surface area contributed by atoms with Gasteiger partial charge in [-0.1, -0.05) is 11.6 Å². The maximum absolute atomic E-state index is 11.0. The van der Waals surface area contributed by atoms with Crippen LogP contribution < -0.4 is 0 Å². The van der Waals surface area contributed by atoms with Gasteiger partial charge in [0.15, 0.2) is 14.9 Å². The first-order chi connectivity index (χ1) is 5.41. The van der Waals surface area contributed by atoms with E-state index in [2.05, 4.69) is 16.2 Å². The largest absolute Gasteiger partial charge is 0.224 e. The number of rotatable bonds is 1. The Morgan fingerprint density at radius 2 is 2.00 bits per heavy atom. The van der Waals surface area contributed by atoms with Crippen LogP contribution in [0.1, 0.15) is 0 Å². The van der Waals surface area contributed by atoms with Crippen molar-refractivity contribution in [2.45, 2.75) is 5.03 Å². The first kappa shape index (κ1) is 9.70. The number of hydrogen-bond donors (Lipinski definition) is 0. The molecule has 1 radical (unpaired) electrons. The Balaban J connectivity index is 3.43. The summed E-state index contributed by atoms with van der Waals surface area (Å²) in [5.74, 6) is 0. The molecule has 0 aliphatic heterocycles. The molecule has 0 bridgehead atoms. The fraction of sp³-hybridized carbons (Fsp3) is 0.200. The predicted molar refractivity (Wildman–Crippen MR) is 44.0 cm³/mol. The van der Waals surface area contributed by atoms with E-state index in [1.807, 2.05) is 0 Å². The third-order valence-corrected chi connectivity index (χ3v) is 2.52. The van der Waals surface area contributed by atoms with Gasteiger partial charge in [-0.25, -0.2) is 18.4 Å². The maximum Gasteiger partial charge on any atom is 0.224 e. The Morgan fingerprint density at radius 1 is 1.42 bits per heavy atom. The van der Waals surface area contributed by atoms with Crippen LogP contribution in [0.5, 0.6) is 0 Å². The van der Waals surface area contributed by atoms with E-state index in [9.17, 15) is 8.42 Å². The smallest absolute Gasteiger partial charge is 0.222 e. The zero-order chi connectivity index (χ0) is 9.35. The van der Waals surface area contributed by atoms with Gasteiger partial charge in [0.2, 0.25) is 5.28 Å². The molecule has 0 aromatic carbocycles. The number of sulfone groups is 1. The summed E-state index contributed by atoms with van der Waals surface area (Å²) in [7, 11) is -3.45. The molecule has 1 aromatic rings. The van der Waals surface area contributed by atoms with Crippen LogP contribution in [0, 0.1) is 6.20 Å². The summed E-state index contributed by atoms with van der Waals surface area (Å²) in [6.07, 6.45) is 3.19. The van der Waals surface area contributed by atoms with Gasteiger partial charge in [-0.15, -0.1) is 0 Å². The number of hydrogen-bond acceptors (Lipinski definition) is 4. The van der Waals surface area contributed by atoms with Gasteiger partial charge in [0.1, 0.15) is 11.2 Å². The highest BCUT2D eigenvalue weighted by Gasteiger charge is 2.15. The first-order valence-corrected chi connectivity index (χ1v) is 5.37. The summed E-state index contributed by atoms with van der Waals surface area (Å²) in [5.41, 5.74) is 0. The fourth-order valence-electron chi connectivity index (χ4n) is 0.547. The third kappa shape index (κ3) is 2.06. The Kier molecular flexibility index (Phi) is 2.55. The minimum absolute atomic E-state index is 0.151. The van der Waals surface area contributed by atoms with Crippen molar-refractivity contribution in [3.05, 3.63) is 16.5 Å². The normalized spacial score (nSPS) is 11.6. The highest BCUT2D eigenvalue weighted by Crippen LogP contribution is 2.18. The van der Waals surface area contributed by atoms with Crippen LogP contribution in [0.4, 0.5) is 0 Å². The minimum Gasteiger partial charge on any atom is -0.222 e. The molecule has 0 aliphatic carbocycles. The van der Waals surface area contributed by atoms with E-state index < -0.39 is 9.84 Å². The summed E-state index contributed by atoms with van der Waals surface area (Å²) >= 11 is 10.8. The van der Waals surface area contributed by atoms with Crippen molar-refractivity contribution in [3.63, 3.8) is 0 Å². The lowest BCUT2D eigenvalue weighted by Crippen LogP contribution is -2.02. The van der Waals surface area contributed by atoms with Crippen LogP contribution in [0.2, 0.25) is 10.3 Å². The molecule has 0 unspecified atom stereocenters. The Labute approximate surface area is 79.5 Å². The first-order valence-electron chi connectivity index (χ1n) is 2.72. The van der Waals surface area contributed by atoms with Gasteiger partial charge in [-0.05, 0) is 11.6 Å². The lowest BCUT2D eigenvalue weighted by molar-refractivity contribution is 0.598. The fourth-order valence-corrected chi connectivity index (χ4v) is 1.85. The van der Waals surface area contributed by atoms with Crippen LogP contribution in [0.3, 0.4) is 0 Å². The molecule has 0 spiro atoms. The van der Waals surface area contributed by atoms with E-state index in [0.717, 1.165) is 6.26 Å². The van der Waals surface area contributed by atoms with Gasteiger partial charge in [-0.3, -0.25) is 0 Å². The molecule has 7 heteroatoms. The number of nitrogens with zero attached hydrogens (tertiary/aromatic N) is 2. The molecule has 0 N–H and O–H groups in total. The molecule has 65 valence electrons. The molecular weight excluding hydrogens is 223 g/mol. The van der Waals surface area contributed by atoms with Crippen molar-refractivity contribution in [1.29, 1.82) is 0 Å². The van der Waals surface area contributed by atoms with E-state index in [4.69, 9.17) is 23.2 Å². The van der Waals surface area contributed by atoms with Crippen molar-refractivity contribution >= 4 is 33.0 Å². The second kappa shape index (κ2) is 3.16. The van der Waals surface area contributed by atoms with E-state index >= 15 is 0 Å². The molecule has 1 rings (SSSR count). The number of aromatic nitrogens is 2. The van der Waals surface area contributed by atoms with Gasteiger partial charge in [0.05, 0.1) is 0 Å². The van der Waals surface area contributed by atoms with Crippen LogP contribution in [-0.4, -0.2) is 24.6 Å². The van der Waals surface area contributed by atoms with Crippen molar-refractivity contribution in [2.24, 2.45) is 0 Å². The van der Waals surface area contributed by atoms with Gasteiger partial charge in [0.25, 0.3) is 0 Å². The van der Waals surface area contributed by atoms with Gasteiger partial charge in [-0.2, -0.15) is 0 Å². The summed E-state index contributed by atoms with van der Waals surface area (Å²) < 4.78 is 21.9. The highest BCUT2D eigenvalue weighted by molar-refractivity contribution is 7.90. The van der Waals surface area contributed by atoms with Gasteiger partial charge < -0.3 is 0 Å². The van der Waals surface area contributed by atoms with Crippen LogP contribution >= 0.6 is 23.2 Å². The van der Waals surface area contributed by atoms with Crippen LogP contribution in [0.15, 0.2) is 5.03 Å². The van der Waals surface area contributed by atoms with Crippen LogP contribution in [-0.2, 0) is 9.84 Å². The monoisotopic (exact) mass is 225 g/mol. The lowest BCUT2D eigenvalue weighted by atomic mass is 10.7. The molecule has 4 nitrogen and oxygen atoms in total. The summed E-state index contributed by atoms with van der Waals surface area (Å²) in [6.45, 7) is 0. The van der Waals surface area contributed by atoms with Crippen molar-refractivity contribution in [3.8, 4) is 0 Å². The van der Waals surface area contributed by atoms with E-state index in [-0.39, 0.29) is 15.3 Å². The summed E-state index contributed by atoms with van der Waals surface area (Å²) in [4.78, 5) is 6.83.